The third kappa shape index (κ3) is 8.29. The van der Waals surface area contributed by atoms with Crippen molar-refractivity contribution in [3.8, 4) is 11.5 Å². The van der Waals surface area contributed by atoms with Crippen LogP contribution in [0, 0.1) is 13.8 Å². The number of hydrogen-bond donors (Lipinski definition) is 0. The zero-order chi connectivity index (χ0) is 21.6. The molecule has 0 atom stereocenters. The van der Waals surface area contributed by atoms with E-state index in [4.69, 9.17) is 14.2 Å². The van der Waals surface area contributed by atoms with Crippen LogP contribution in [0.4, 0.5) is 0 Å². The van der Waals surface area contributed by atoms with Gasteiger partial charge in [0.15, 0.2) is 0 Å². The fourth-order valence-electron chi connectivity index (χ4n) is 2.95. The lowest BCUT2D eigenvalue weighted by Gasteiger charge is -2.14. The van der Waals surface area contributed by atoms with E-state index < -0.39 is 0 Å². The van der Waals surface area contributed by atoms with Crippen molar-refractivity contribution in [2.45, 2.75) is 40.2 Å². The molecule has 0 amide bonds. The number of unbranched alkanes of at least 4 members (excludes halogenated alkanes) is 1. The summed E-state index contributed by atoms with van der Waals surface area (Å²) in [6.07, 6.45) is 7.56. The fraction of sp³-hybridized carbons (Fsp3) is 0.400. The molecule has 0 aromatic heterocycles. The maximum absolute atomic E-state index is 6.01. The lowest BCUT2D eigenvalue weighted by molar-refractivity contribution is 0.113. The Morgan fingerprint density at radius 1 is 0.933 bits per heavy atom. The number of benzene rings is 2. The molecular formula is C25H33NO4. The number of aryl methyl sites for hydroxylation is 2. The smallest absolute Gasteiger partial charge is 0.125 e. The summed E-state index contributed by atoms with van der Waals surface area (Å²) in [4.78, 5) is 4.68. The lowest BCUT2D eigenvalue weighted by Crippen LogP contribution is -2.04. The first-order valence-electron chi connectivity index (χ1n) is 10.3. The van der Waals surface area contributed by atoms with Crippen LogP contribution in [-0.2, 0) is 16.2 Å². The van der Waals surface area contributed by atoms with Crippen molar-refractivity contribution in [2.24, 2.45) is 5.16 Å². The van der Waals surface area contributed by atoms with E-state index in [1.165, 1.54) is 7.11 Å². The predicted octanol–water partition coefficient (Wildman–Crippen LogP) is 5.61. The van der Waals surface area contributed by atoms with Crippen LogP contribution in [-0.4, -0.2) is 33.1 Å². The zero-order valence-corrected chi connectivity index (χ0v) is 18.5. The summed E-state index contributed by atoms with van der Waals surface area (Å²) in [6, 6.07) is 12.1. The van der Waals surface area contributed by atoms with Crippen LogP contribution in [0.2, 0.25) is 0 Å². The first-order chi connectivity index (χ1) is 14.6. The first-order valence-corrected chi connectivity index (χ1v) is 10.3. The van der Waals surface area contributed by atoms with E-state index in [-0.39, 0.29) is 0 Å². The van der Waals surface area contributed by atoms with Gasteiger partial charge in [0.1, 0.15) is 25.2 Å². The molecule has 0 spiro atoms. The molecule has 5 heteroatoms. The summed E-state index contributed by atoms with van der Waals surface area (Å²) in [5, 5.41) is 3.75. The molecule has 0 aliphatic heterocycles. The molecule has 0 aliphatic carbocycles. The monoisotopic (exact) mass is 411 g/mol. The number of rotatable bonds is 13. The highest BCUT2D eigenvalue weighted by Gasteiger charge is 2.07. The minimum Gasteiger partial charge on any atom is -0.493 e. The summed E-state index contributed by atoms with van der Waals surface area (Å²) >= 11 is 0. The van der Waals surface area contributed by atoms with Gasteiger partial charge >= 0.3 is 0 Å². The molecule has 2 aromatic rings. The number of nitrogens with zero attached hydrogens (tertiary/aromatic N) is 1. The van der Waals surface area contributed by atoms with Crippen LogP contribution in [0.15, 0.2) is 53.7 Å². The third-order valence-electron chi connectivity index (χ3n) is 4.50. The molecule has 30 heavy (non-hydrogen) atoms. The Labute approximate surface area is 180 Å². The van der Waals surface area contributed by atoms with Crippen molar-refractivity contribution in [1.82, 2.24) is 0 Å². The highest BCUT2D eigenvalue weighted by Crippen LogP contribution is 2.28. The Hall–Kier alpha value is -2.79. The van der Waals surface area contributed by atoms with Crippen molar-refractivity contribution in [3.05, 3.63) is 70.8 Å². The molecule has 0 fully saturated rings. The molecule has 2 rings (SSSR count). The van der Waals surface area contributed by atoms with Crippen molar-refractivity contribution in [2.75, 3.05) is 26.9 Å². The van der Waals surface area contributed by atoms with Gasteiger partial charge in [-0.15, -0.1) is 0 Å². The third-order valence-corrected chi connectivity index (χ3v) is 4.50. The van der Waals surface area contributed by atoms with E-state index in [0.717, 1.165) is 46.6 Å². The summed E-state index contributed by atoms with van der Waals surface area (Å²) in [5.74, 6) is 1.83. The van der Waals surface area contributed by atoms with E-state index in [2.05, 4.69) is 23.8 Å². The maximum Gasteiger partial charge on any atom is 0.125 e. The van der Waals surface area contributed by atoms with Gasteiger partial charge in [0.05, 0.1) is 19.4 Å². The van der Waals surface area contributed by atoms with Gasteiger partial charge in [-0.3, -0.25) is 0 Å². The van der Waals surface area contributed by atoms with Gasteiger partial charge in [-0.25, -0.2) is 0 Å². The summed E-state index contributed by atoms with van der Waals surface area (Å²) in [5.41, 5.74) is 4.34. The van der Waals surface area contributed by atoms with Crippen molar-refractivity contribution in [3.63, 3.8) is 0 Å². The molecule has 162 valence electrons. The second kappa shape index (κ2) is 13.4. The molecule has 0 heterocycles. The largest absolute Gasteiger partial charge is 0.493 e. The van der Waals surface area contributed by atoms with Crippen LogP contribution >= 0.6 is 0 Å². The van der Waals surface area contributed by atoms with Gasteiger partial charge < -0.3 is 19.0 Å². The molecule has 0 bridgehead atoms. The fourth-order valence-corrected chi connectivity index (χ4v) is 2.95. The summed E-state index contributed by atoms with van der Waals surface area (Å²) in [6.45, 7) is 8.68. The van der Waals surface area contributed by atoms with Gasteiger partial charge in [-0.05, 0) is 68.0 Å². The average molecular weight is 412 g/mol. The Morgan fingerprint density at radius 3 is 2.30 bits per heavy atom. The van der Waals surface area contributed by atoms with Gasteiger partial charge in [0.25, 0.3) is 0 Å². The molecule has 2 aromatic carbocycles. The summed E-state index contributed by atoms with van der Waals surface area (Å²) < 4.78 is 17.5. The van der Waals surface area contributed by atoms with E-state index in [0.29, 0.717) is 26.4 Å². The SMILES string of the molecule is C/C=C/COc1cc(C)c(OCCCCOCc2ccc(/C=N/OC)cc2)c(C)c1. The molecular weight excluding hydrogens is 378 g/mol. The van der Waals surface area contributed by atoms with Crippen LogP contribution in [0.1, 0.15) is 42.0 Å². The van der Waals surface area contributed by atoms with Crippen molar-refractivity contribution < 1.29 is 19.0 Å². The first kappa shape index (κ1) is 23.5. The number of ether oxygens (including phenoxy) is 3. The van der Waals surface area contributed by atoms with Gasteiger partial charge in [-0.2, -0.15) is 0 Å². The van der Waals surface area contributed by atoms with E-state index in [1.807, 2.05) is 55.5 Å². The normalized spacial score (nSPS) is 11.3. The second-order valence-corrected chi connectivity index (χ2v) is 7.03. The Balaban J connectivity index is 1.65. The van der Waals surface area contributed by atoms with Crippen molar-refractivity contribution >= 4 is 6.21 Å². The van der Waals surface area contributed by atoms with Crippen LogP contribution in [0.25, 0.3) is 0 Å². The topological polar surface area (TPSA) is 49.3 Å². The van der Waals surface area contributed by atoms with E-state index in [1.54, 1.807) is 6.21 Å². The average Bonchev–Trinajstić information content (AvgIpc) is 2.74. The minimum absolute atomic E-state index is 0.585. The van der Waals surface area contributed by atoms with Crippen molar-refractivity contribution in [1.29, 1.82) is 0 Å². The Morgan fingerprint density at radius 2 is 1.63 bits per heavy atom. The number of hydrogen-bond acceptors (Lipinski definition) is 5. The Bertz CT molecular complexity index is 789. The van der Waals surface area contributed by atoms with Gasteiger partial charge in [0, 0.05) is 6.61 Å². The van der Waals surface area contributed by atoms with E-state index in [9.17, 15) is 0 Å². The summed E-state index contributed by atoms with van der Waals surface area (Å²) in [7, 11) is 1.53. The Kier molecular flexibility index (Phi) is 10.5. The lowest BCUT2D eigenvalue weighted by atomic mass is 10.1. The quantitative estimate of drug-likeness (QED) is 0.186. The minimum atomic E-state index is 0.585. The molecule has 0 aliphatic rings. The second-order valence-electron chi connectivity index (χ2n) is 7.03. The molecule has 5 nitrogen and oxygen atoms in total. The van der Waals surface area contributed by atoms with E-state index >= 15 is 0 Å². The zero-order valence-electron chi connectivity index (χ0n) is 18.5. The van der Waals surface area contributed by atoms with Crippen LogP contribution in [0.3, 0.4) is 0 Å². The molecule has 0 saturated carbocycles. The molecule has 0 radical (unpaired) electrons. The van der Waals surface area contributed by atoms with Gasteiger partial charge in [0.2, 0.25) is 0 Å². The van der Waals surface area contributed by atoms with Crippen LogP contribution in [0.5, 0.6) is 11.5 Å². The van der Waals surface area contributed by atoms with Gasteiger partial charge in [-0.1, -0.05) is 41.6 Å². The predicted molar refractivity (Wildman–Crippen MR) is 122 cm³/mol. The molecule has 0 N–H and O–H groups in total. The molecule has 0 unspecified atom stereocenters. The number of oxime groups is 1. The molecule has 0 saturated heterocycles. The highest BCUT2D eigenvalue weighted by molar-refractivity contribution is 5.79. The maximum atomic E-state index is 6.01. The standard InChI is InChI=1S/C25H33NO4/c1-5-6-14-29-24-16-20(2)25(21(3)17-24)30-15-8-7-13-28-19-23-11-9-22(10-12-23)18-26-27-4/h5-6,9-12,16-18H,7-8,13-15,19H2,1-4H3/b6-5+,26-18+. The highest BCUT2D eigenvalue weighted by atomic mass is 16.6. The number of allylic oxidation sites excluding steroid dienone is 1. The van der Waals surface area contributed by atoms with Crippen LogP contribution < -0.4 is 9.47 Å².